The Hall–Kier alpha value is -2.86. The van der Waals surface area contributed by atoms with Gasteiger partial charge >= 0.3 is 6.18 Å². The molecule has 7 nitrogen and oxygen atoms in total. The normalized spacial score (nSPS) is 19.4. The number of carbonyl (C=O) groups is 2. The molecular weight excluding hydrogens is 547 g/mol. The number of fused-ring (bicyclic) bond motifs is 2. The summed E-state index contributed by atoms with van der Waals surface area (Å²) in [6.07, 6.45) is -1.47. The fourth-order valence-electron chi connectivity index (χ4n) is 4.72. The minimum atomic E-state index is -4.57. The number of benzene rings is 1. The van der Waals surface area contributed by atoms with Gasteiger partial charge in [-0.25, -0.2) is 4.68 Å². The van der Waals surface area contributed by atoms with Gasteiger partial charge in [-0.05, 0) is 52.7 Å². The molecule has 0 spiro atoms. The summed E-state index contributed by atoms with van der Waals surface area (Å²) >= 11 is 4.57. The number of halogens is 4. The first-order valence-electron chi connectivity index (χ1n) is 11.1. The Labute approximate surface area is 211 Å². The molecule has 2 atom stereocenters. The van der Waals surface area contributed by atoms with Gasteiger partial charge in [-0.3, -0.25) is 9.59 Å². The second kappa shape index (κ2) is 8.98. The molecule has 0 saturated heterocycles. The molecule has 3 aromatic rings. The van der Waals surface area contributed by atoms with Crippen molar-refractivity contribution in [3.8, 4) is 0 Å². The van der Waals surface area contributed by atoms with Crippen molar-refractivity contribution < 1.29 is 22.8 Å². The number of anilines is 2. The van der Waals surface area contributed by atoms with E-state index < -0.39 is 30.1 Å². The lowest BCUT2D eigenvalue weighted by atomic mass is 9.95. The SMILES string of the molecule is NC(=O)c1c(NC(=O)c2nn3c(c2Br)N[C@@H](c2ccccc2)C[C@@H]3C(F)(F)F)sc2c1CCCC2. The molecule has 2 aliphatic rings. The van der Waals surface area contributed by atoms with Crippen molar-refractivity contribution in [2.24, 2.45) is 5.73 Å². The molecule has 2 aromatic heterocycles. The minimum Gasteiger partial charge on any atom is -0.365 e. The van der Waals surface area contributed by atoms with Crippen LogP contribution in [0.15, 0.2) is 34.8 Å². The average Bonchev–Trinajstić information content (AvgIpc) is 3.35. The van der Waals surface area contributed by atoms with Crippen molar-refractivity contribution >= 4 is 49.9 Å². The fraction of sp³-hybridized carbons (Fsp3) is 0.348. The molecule has 2 amide bonds. The molecule has 1 aromatic carbocycles. The summed E-state index contributed by atoms with van der Waals surface area (Å²) in [7, 11) is 0. The van der Waals surface area contributed by atoms with Crippen LogP contribution in [0.2, 0.25) is 0 Å². The number of nitrogens with zero attached hydrogens (tertiary/aromatic N) is 2. The minimum absolute atomic E-state index is 0.0678. The first-order valence-corrected chi connectivity index (χ1v) is 12.7. The topological polar surface area (TPSA) is 102 Å². The highest BCUT2D eigenvalue weighted by Gasteiger charge is 2.47. The number of hydrogen-bond acceptors (Lipinski definition) is 5. The largest absolute Gasteiger partial charge is 0.410 e. The summed E-state index contributed by atoms with van der Waals surface area (Å²) in [5, 5.41) is 10.1. The van der Waals surface area contributed by atoms with E-state index in [1.54, 1.807) is 30.3 Å². The number of aryl methyl sites for hydroxylation is 1. The monoisotopic (exact) mass is 567 g/mol. The van der Waals surface area contributed by atoms with E-state index in [9.17, 15) is 22.8 Å². The number of nitrogens with one attached hydrogen (secondary N) is 2. The molecule has 35 heavy (non-hydrogen) atoms. The van der Waals surface area contributed by atoms with Crippen molar-refractivity contribution in [2.45, 2.75) is 50.4 Å². The van der Waals surface area contributed by atoms with Crippen LogP contribution < -0.4 is 16.4 Å². The Morgan fingerprint density at radius 3 is 2.60 bits per heavy atom. The third kappa shape index (κ3) is 4.33. The first-order chi connectivity index (χ1) is 16.6. The maximum absolute atomic E-state index is 14.0. The smallest absolute Gasteiger partial charge is 0.365 e. The van der Waals surface area contributed by atoms with Crippen LogP contribution in [-0.2, 0) is 12.8 Å². The summed E-state index contributed by atoms with van der Waals surface area (Å²) in [5.41, 5.74) is 7.20. The summed E-state index contributed by atoms with van der Waals surface area (Å²) in [4.78, 5) is 26.3. The molecule has 184 valence electrons. The van der Waals surface area contributed by atoms with Gasteiger partial charge in [0.2, 0.25) is 0 Å². The molecule has 0 bridgehead atoms. The predicted octanol–water partition coefficient (Wildman–Crippen LogP) is 5.60. The fourth-order valence-corrected chi connectivity index (χ4v) is 6.56. The van der Waals surface area contributed by atoms with Crippen LogP contribution in [0.3, 0.4) is 0 Å². The van der Waals surface area contributed by atoms with Crippen LogP contribution in [0.1, 0.15) is 68.2 Å². The number of hydrogen-bond donors (Lipinski definition) is 3. The van der Waals surface area contributed by atoms with Crippen LogP contribution in [-0.4, -0.2) is 27.8 Å². The molecule has 4 N–H and O–H groups in total. The number of alkyl halides is 3. The van der Waals surface area contributed by atoms with Gasteiger partial charge in [-0.15, -0.1) is 11.3 Å². The first kappa shape index (κ1) is 23.9. The van der Waals surface area contributed by atoms with Gasteiger partial charge in [0.25, 0.3) is 11.8 Å². The van der Waals surface area contributed by atoms with Crippen molar-refractivity contribution in [3.63, 3.8) is 0 Å². The standard InChI is InChI=1S/C23H21BrF3N5O2S/c24-17-18(21(34)30-22-16(19(28)33)12-8-4-5-9-14(12)35-22)31-32-15(23(25,26)27)10-13(29-20(17)32)11-6-2-1-3-7-11/h1-3,6-7,13,15,29H,4-5,8-10H2,(H2,28,33)(H,30,34)/t13-,15-/m1/s1. The number of rotatable bonds is 4. The highest BCUT2D eigenvalue weighted by molar-refractivity contribution is 9.10. The molecule has 12 heteroatoms. The third-order valence-corrected chi connectivity index (χ3v) is 8.32. The second-order valence-electron chi connectivity index (χ2n) is 8.59. The lowest BCUT2D eigenvalue weighted by Crippen LogP contribution is -2.35. The Morgan fingerprint density at radius 1 is 1.20 bits per heavy atom. The van der Waals surface area contributed by atoms with Gasteiger partial charge < -0.3 is 16.4 Å². The molecule has 0 saturated carbocycles. The molecular formula is C23H21BrF3N5O2S. The van der Waals surface area contributed by atoms with Crippen molar-refractivity contribution in [1.82, 2.24) is 9.78 Å². The van der Waals surface area contributed by atoms with Crippen LogP contribution in [0.4, 0.5) is 24.0 Å². The predicted molar refractivity (Wildman–Crippen MR) is 130 cm³/mol. The Bertz CT molecular complexity index is 1300. The zero-order valence-electron chi connectivity index (χ0n) is 18.3. The van der Waals surface area contributed by atoms with E-state index in [2.05, 4.69) is 31.7 Å². The van der Waals surface area contributed by atoms with Gasteiger partial charge in [-0.2, -0.15) is 18.3 Å². The molecule has 0 unspecified atom stereocenters. The molecule has 5 rings (SSSR count). The highest BCUT2D eigenvalue weighted by Crippen LogP contribution is 2.46. The van der Waals surface area contributed by atoms with Crippen LogP contribution in [0.25, 0.3) is 0 Å². The Morgan fingerprint density at radius 2 is 1.91 bits per heavy atom. The number of nitrogens with two attached hydrogens (primary N) is 1. The van der Waals surface area contributed by atoms with Crippen LogP contribution in [0.5, 0.6) is 0 Å². The van der Waals surface area contributed by atoms with Gasteiger partial charge in [-0.1, -0.05) is 30.3 Å². The molecule has 1 aliphatic carbocycles. The van der Waals surface area contributed by atoms with E-state index in [1.807, 2.05) is 0 Å². The summed E-state index contributed by atoms with van der Waals surface area (Å²) in [5.74, 6) is -1.30. The number of carbonyl (C=O) groups excluding carboxylic acids is 2. The molecule has 0 radical (unpaired) electrons. The second-order valence-corrected chi connectivity index (χ2v) is 10.5. The van der Waals surface area contributed by atoms with E-state index in [-0.39, 0.29) is 28.0 Å². The quantitative estimate of drug-likeness (QED) is 0.382. The van der Waals surface area contributed by atoms with Crippen molar-refractivity contribution in [2.75, 3.05) is 10.6 Å². The van der Waals surface area contributed by atoms with E-state index in [1.165, 1.54) is 11.3 Å². The summed E-state index contributed by atoms with van der Waals surface area (Å²) in [6, 6.07) is 6.28. The Kier molecular flexibility index (Phi) is 6.12. The van der Waals surface area contributed by atoms with E-state index in [0.29, 0.717) is 17.0 Å². The summed E-state index contributed by atoms with van der Waals surface area (Å²) in [6.45, 7) is 0. The van der Waals surface area contributed by atoms with Crippen molar-refractivity contribution in [1.29, 1.82) is 0 Å². The van der Waals surface area contributed by atoms with Gasteiger partial charge in [0.05, 0.1) is 16.1 Å². The van der Waals surface area contributed by atoms with Gasteiger partial charge in [0.15, 0.2) is 11.7 Å². The van der Waals surface area contributed by atoms with Crippen LogP contribution in [0, 0.1) is 0 Å². The average molecular weight is 568 g/mol. The van der Waals surface area contributed by atoms with Gasteiger partial charge in [0.1, 0.15) is 10.8 Å². The Balaban J connectivity index is 1.50. The third-order valence-electron chi connectivity index (χ3n) is 6.36. The van der Waals surface area contributed by atoms with E-state index in [0.717, 1.165) is 34.4 Å². The maximum Gasteiger partial charge on any atom is 0.410 e. The molecule has 1 aliphatic heterocycles. The molecule has 3 heterocycles. The zero-order chi connectivity index (χ0) is 24.9. The highest BCUT2D eigenvalue weighted by atomic mass is 79.9. The lowest BCUT2D eigenvalue weighted by Gasteiger charge is -2.33. The van der Waals surface area contributed by atoms with Crippen molar-refractivity contribution in [3.05, 3.63) is 62.1 Å². The number of aromatic nitrogens is 2. The lowest BCUT2D eigenvalue weighted by molar-refractivity contribution is -0.173. The number of primary amides is 1. The molecule has 0 fully saturated rings. The maximum atomic E-state index is 14.0. The van der Waals surface area contributed by atoms with Crippen LogP contribution >= 0.6 is 27.3 Å². The number of amides is 2. The number of thiophene rings is 1. The zero-order valence-corrected chi connectivity index (χ0v) is 20.7. The van der Waals surface area contributed by atoms with E-state index >= 15 is 0 Å². The summed E-state index contributed by atoms with van der Waals surface area (Å²) < 4.78 is 43.0. The van der Waals surface area contributed by atoms with Gasteiger partial charge in [0, 0.05) is 11.3 Å². The van der Waals surface area contributed by atoms with E-state index in [4.69, 9.17) is 5.73 Å².